The Morgan fingerprint density at radius 1 is 1.56 bits per heavy atom. The Balaban J connectivity index is 2.35. The predicted molar refractivity (Wildman–Crippen MR) is 66.6 cm³/mol. The summed E-state index contributed by atoms with van der Waals surface area (Å²) in [7, 11) is 0. The van der Waals surface area contributed by atoms with Gasteiger partial charge in [-0.1, -0.05) is 30.3 Å². The van der Waals surface area contributed by atoms with E-state index < -0.39 is 13.4 Å². The third-order valence-corrected chi connectivity index (χ3v) is 2.33. The van der Waals surface area contributed by atoms with Crippen molar-refractivity contribution in [3.05, 3.63) is 46.7 Å². The minimum Gasteiger partial charge on any atom is -0.465 e. The summed E-state index contributed by atoms with van der Waals surface area (Å²) >= 11 is 3.08. The Kier molecular flexibility index (Phi) is 1.89. The van der Waals surface area contributed by atoms with E-state index in [1.165, 1.54) is 4.57 Å². The van der Waals surface area contributed by atoms with Crippen molar-refractivity contribution in [2.45, 2.75) is 13.4 Å². The molecule has 0 aliphatic rings. The molecule has 0 unspecified atom stereocenters. The molecule has 2 aromatic rings. The topological polar surface area (TPSA) is 27.1 Å². The Morgan fingerprint density at radius 3 is 3.12 bits per heavy atom. The van der Waals surface area contributed by atoms with Crippen LogP contribution in [0.1, 0.15) is 20.6 Å². The van der Waals surface area contributed by atoms with Crippen LogP contribution in [0.2, 0.25) is 0 Å². The van der Waals surface area contributed by atoms with E-state index in [2.05, 4.69) is 20.9 Å². The fourth-order valence-corrected chi connectivity index (χ4v) is 1.69. The summed E-state index contributed by atoms with van der Waals surface area (Å²) in [6.45, 7) is -5.66. The molecule has 4 heteroatoms. The standard InChI is InChI=1S/C12H13BrN2O/c1-2-16-12-14-11(13)9-15(12)8-10-6-4-3-5-7-10/h3-7,9H,2,8H2,1H3/i1D3,2D2,9D. The van der Waals surface area contributed by atoms with E-state index in [-0.39, 0.29) is 23.3 Å². The highest BCUT2D eigenvalue weighted by molar-refractivity contribution is 9.10. The molecular formula is C12H13BrN2O. The first-order valence-electron chi connectivity index (χ1n) is 7.57. The molecule has 2 rings (SSSR count). The van der Waals surface area contributed by atoms with Crippen LogP contribution in [-0.4, -0.2) is 16.1 Å². The first-order chi connectivity index (χ1) is 10.1. The molecule has 0 saturated carbocycles. The van der Waals surface area contributed by atoms with Gasteiger partial charge in [-0.3, -0.25) is 4.57 Å². The van der Waals surface area contributed by atoms with Gasteiger partial charge in [0.25, 0.3) is 6.01 Å². The minimum absolute atomic E-state index is 0.0276. The maximum Gasteiger partial charge on any atom is 0.297 e. The van der Waals surface area contributed by atoms with Crippen LogP contribution < -0.4 is 4.74 Å². The second-order valence-corrected chi connectivity index (χ2v) is 3.82. The lowest BCUT2D eigenvalue weighted by Crippen LogP contribution is -2.03. The lowest BCUT2D eigenvalue weighted by Gasteiger charge is -2.07. The van der Waals surface area contributed by atoms with E-state index in [9.17, 15) is 0 Å². The Bertz CT molecular complexity index is 656. The third-order valence-electron chi connectivity index (χ3n) is 1.98. The summed E-state index contributed by atoms with van der Waals surface area (Å²) in [6, 6.07) is 8.90. The molecule has 3 nitrogen and oxygen atoms in total. The van der Waals surface area contributed by atoms with Crippen molar-refractivity contribution in [1.29, 1.82) is 0 Å². The molecule has 1 heterocycles. The average Bonchev–Trinajstić information content (AvgIpc) is 2.66. The van der Waals surface area contributed by atoms with Crippen molar-refractivity contribution in [2.24, 2.45) is 0 Å². The SMILES string of the molecule is [2H]c1c(Br)nc(OC([2H])([2H])C([2H])([2H])[2H])n1Cc1ccccc1. The fourth-order valence-electron chi connectivity index (χ4n) is 1.33. The molecular weight excluding hydrogens is 268 g/mol. The van der Waals surface area contributed by atoms with E-state index in [4.69, 9.17) is 13.0 Å². The zero-order chi connectivity index (χ0) is 16.5. The van der Waals surface area contributed by atoms with Crippen LogP contribution in [-0.2, 0) is 6.54 Å². The van der Waals surface area contributed by atoms with Crippen molar-refractivity contribution >= 4 is 15.9 Å². The molecule has 0 radical (unpaired) electrons. The van der Waals surface area contributed by atoms with Crippen LogP contribution in [0.5, 0.6) is 6.01 Å². The van der Waals surface area contributed by atoms with Crippen molar-refractivity contribution in [2.75, 3.05) is 6.56 Å². The van der Waals surface area contributed by atoms with Gasteiger partial charge in [-0.05, 0) is 28.3 Å². The van der Waals surface area contributed by atoms with Gasteiger partial charge in [0.2, 0.25) is 0 Å². The molecule has 0 bridgehead atoms. The van der Waals surface area contributed by atoms with Crippen molar-refractivity contribution < 1.29 is 13.0 Å². The zero-order valence-corrected chi connectivity index (χ0v) is 9.86. The molecule has 0 aliphatic heterocycles. The van der Waals surface area contributed by atoms with Crippen molar-refractivity contribution in [3.63, 3.8) is 0 Å². The van der Waals surface area contributed by atoms with Gasteiger partial charge in [0.1, 0.15) is 4.60 Å². The third kappa shape index (κ3) is 2.64. The highest BCUT2D eigenvalue weighted by atomic mass is 79.9. The van der Waals surface area contributed by atoms with Gasteiger partial charge in [0.05, 0.1) is 17.2 Å². The van der Waals surface area contributed by atoms with Crippen LogP contribution in [0.25, 0.3) is 0 Å². The second-order valence-electron chi connectivity index (χ2n) is 3.07. The lowest BCUT2D eigenvalue weighted by atomic mass is 10.2. The summed E-state index contributed by atoms with van der Waals surface area (Å²) in [5.41, 5.74) is 0.847. The summed E-state index contributed by atoms with van der Waals surface area (Å²) < 4.78 is 50.9. The quantitative estimate of drug-likeness (QED) is 0.864. The number of halogens is 1. The van der Waals surface area contributed by atoms with Gasteiger partial charge >= 0.3 is 0 Å². The molecule has 0 fully saturated rings. The Labute approximate surface area is 112 Å². The summed E-state index contributed by atoms with van der Waals surface area (Å²) in [4.78, 5) is 3.88. The van der Waals surface area contributed by atoms with Crippen molar-refractivity contribution in [3.8, 4) is 6.01 Å². The van der Waals surface area contributed by atoms with Gasteiger partial charge in [0.15, 0.2) is 0 Å². The zero-order valence-electron chi connectivity index (χ0n) is 14.3. The van der Waals surface area contributed by atoms with Crippen LogP contribution in [0, 0.1) is 0 Å². The molecule has 0 saturated heterocycles. The fraction of sp³-hybridized carbons (Fsp3) is 0.250. The Morgan fingerprint density at radius 2 is 2.38 bits per heavy atom. The highest BCUT2D eigenvalue weighted by Crippen LogP contribution is 2.17. The average molecular weight is 287 g/mol. The molecule has 1 aromatic heterocycles. The van der Waals surface area contributed by atoms with Gasteiger partial charge in [-0.15, -0.1) is 0 Å². The predicted octanol–water partition coefficient (Wildman–Crippen LogP) is 3.09. The van der Waals surface area contributed by atoms with Crippen molar-refractivity contribution in [1.82, 2.24) is 9.55 Å². The Hall–Kier alpha value is -1.29. The number of hydrogen-bond acceptors (Lipinski definition) is 2. The summed E-state index contributed by atoms with van der Waals surface area (Å²) in [6.07, 6.45) is -0.0276. The van der Waals surface area contributed by atoms with E-state index >= 15 is 0 Å². The number of ether oxygens (including phenoxy) is 1. The van der Waals surface area contributed by atoms with Gasteiger partial charge in [-0.25, -0.2) is 0 Å². The smallest absolute Gasteiger partial charge is 0.297 e. The van der Waals surface area contributed by atoms with Gasteiger partial charge in [-0.2, -0.15) is 4.98 Å². The monoisotopic (exact) mass is 286 g/mol. The largest absolute Gasteiger partial charge is 0.465 e. The van der Waals surface area contributed by atoms with E-state index in [0.29, 0.717) is 0 Å². The molecule has 16 heavy (non-hydrogen) atoms. The van der Waals surface area contributed by atoms with Gasteiger partial charge < -0.3 is 4.74 Å². The maximum absolute atomic E-state index is 7.94. The number of benzene rings is 1. The number of hydrogen-bond donors (Lipinski definition) is 0. The molecule has 0 aliphatic carbocycles. The van der Waals surface area contributed by atoms with E-state index in [0.717, 1.165) is 5.56 Å². The normalized spacial score (nSPS) is 17.6. The number of rotatable bonds is 4. The first kappa shape index (κ1) is 5.87. The summed E-state index contributed by atoms with van der Waals surface area (Å²) in [5.74, 6) is 0. The van der Waals surface area contributed by atoms with Crippen LogP contribution in [0.4, 0.5) is 0 Å². The number of imidazole rings is 1. The molecule has 0 amide bonds. The minimum atomic E-state index is -2.97. The second kappa shape index (κ2) is 5.16. The van der Waals surface area contributed by atoms with Crippen LogP contribution in [0.15, 0.2) is 41.1 Å². The molecule has 1 aromatic carbocycles. The number of nitrogens with zero attached hydrogens (tertiary/aromatic N) is 2. The molecule has 0 N–H and O–H groups in total. The van der Waals surface area contributed by atoms with Crippen LogP contribution in [0.3, 0.4) is 0 Å². The molecule has 84 valence electrons. The first-order valence-corrected chi connectivity index (χ1v) is 5.37. The van der Waals surface area contributed by atoms with E-state index in [1.807, 2.05) is 30.3 Å². The molecule has 0 atom stereocenters. The molecule has 0 spiro atoms. The number of aromatic nitrogens is 2. The summed E-state index contributed by atoms with van der Waals surface area (Å²) in [5, 5.41) is 0. The van der Waals surface area contributed by atoms with Gasteiger partial charge in [0, 0.05) is 10.3 Å². The van der Waals surface area contributed by atoms with Crippen LogP contribution >= 0.6 is 15.9 Å². The maximum atomic E-state index is 7.94. The lowest BCUT2D eigenvalue weighted by molar-refractivity contribution is 0.299. The van der Waals surface area contributed by atoms with E-state index in [1.54, 1.807) is 0 Å². The highest BCUT2D eigenvalue weighted by Gasteiger charge is 2.07.